The van der Waals surface area contributed by atoms with E-state index in [1.165, 1.54) is 5.56 Å². The van der Waals surface area contributed by atoms with E-state index in [1.54, 1.807) is 16.4 Å². The van der Waals surface area contributed by atoms with Gasteiger partial charge in [-0.2, -0.15) is 9.40 Å². The lowest BCUT2D eigenvalue weighted by molar-refractivity contribution is 0.181. The van der Waals surface area contributed by atoms with Crippen LogP contribution >= 0.6 is 31.9 Å². The molecule has 4 rings (SSSR count). The van der Waals surface area contributed by atoms with Crippen molar-refractivity contribution in [2.45, 2.75) is 25.3 Å². The van der Waals surface area contributed by atoms with Gasteiger partial charge >= 0.3 is 0 Å². The second kappa shape index (κ2) is 9.15. The average molecular weight is 568 g/mol. The molecule has 164 valence electrons. The van der Waals surface area contributed by atoms with Crippen molar-refractivity contribution in [2.75, 3.05) is 26.2 Å². The molecule has 3 aromatic rings. The minimum Gasteiger partial charge on any atom is -0.296 e. The van der Waals surface area contributed by atoms with Crippen LogP contribution in [0.15, 0.2) is 62.4 Å². The van der Waals surface area contributed by atoms with Gasteiger partial charge in [0, 0.05) is 52.9 Å². The molecule has 2 aromatic carbocycles. The van der Waals surface area contributed by atoms with Gasteiger partial charge in [0.05, 0.1) is 16.3 Å². The topological polar surface area (TPSA) is 58.4 Å². The molecular weight excluding hydrogens is 544 g/mol. The first-order valence-corrected chi connectivity index (χ1v) is 13.1. The lowest BCUT2D eigenvalue weighted by Crippen LogP contribution is -2.48. The summed E-state index contributed by atoms with van der Waals surface area (Å²) in [5.41, 5.74) is 4.38. The van der Waals surface area contributed by atoms with Gasteiger partial charge in [-0.05, 0) is 60.1 Å². The molecule has 0 spiro atoms. The molecule has 0 saturated carbocycles. The number of halogens is 2. The van der Waals surface area contributed by atoms with Crippen LogP contribution in [0.1, 0.15) is 17.0 Å². The zero-order valence-electron chi connectivity index (χ0n) is 17.4. The van der Waals surface area contributed by atoms with Gasteiger partial charge in [-0.1, -0.05) is 34.1 Å². The van der Waals surface area contributed by atoms with Crippen LogP contribution < -0.4 is 0 Å². The Kier molecular flexibility index (Phi) is 6.69. The third-order valence-electron chi connectivity index (χ3n) is 5.67. The predicted octanol–water partition coefficient (Wildman–Crippen LogP) is 4.52. The van der Waals surface area contributed by atoms with Crippen LogP contribution in [0.25, 0.3) is 5.69 Å². The molecule has 1 fully saturated rings. The summed E-state index contributed by atoms with van der Waals surface area (Å²) in [6.45, 7) is 7.18. The van der Waals surface area contributed by atoms with Crippen molar-refractivity contribution < 1.29 is 8.42 Å². The molecule has 0 bridgehead atoms. The Morgan fingerprint density at radius 1 is 0.968 bits per heavy atom. The minimum absolute atomic E-state index is 0.297. The molecular formula is C22H24Br2N4O2S. The van der Waals surface area contributed by atoms with Crippen molar-refractivity contribution in [2.24, 2.45) is 0 Å². The summed E-state index contributed by atoms with van der Waals surface area (Å²) < 4.78 is 31.2. The largest absolute Gasteiger partial charge is 0.296 e. The summed E-state index contributed by atoms with van der Waals surface area (Å²) in [5.74, 6) is 0. The van der Waals surface area contributed by atoms with E-state index >= 15 is 0 Å². The fourth-order valence-electron chi connectivity index (χ4n) is 3.89. The summed E-state index contributed by atoms with van der Waals surface area (Å²) in [5, 5.41) is 4.73. The van der Waals surface area contributed by atoms with Gasteiger partial charge in [-0.3, -0.25) is 4.90 Å². The molecule has 2 heterocycles. The Morgan fingerprint density at radius 2 is 1.65 bits per heavy atom. The molecule has 0 radical (unpaired) electrons. The summed E-state index contributed by atoms with van der Waals surface area (Å²) in [6.07, 6.45) is 0. The van der Waals surface area contributed by atoms with E-state index in [2.05, 4.69) is 43.7 Å². The van der Waals surface area contributed by atoms with Gasteiger partial charge < -0.3 is 0 Å². The Hall–Kier alpha value is -1.52. The van der Waals surface area contributed by atoms with E-state index in [4.69, 9.17) is 5.10 Å². The second-order valence-electron chi connectivity index (χ2n) is 7.65. The summed E-state index contributed by atoms with van der Waals surface area (Å²) in [4.78, 5) is 2.60. The molecule has 9 heteroatoms. The Morgan fingerprint density at radius 3 is 2.32 bits per heavy atom. The van der Waals surface area contributed by atoms with Gasteiger partial charge in [-0.25, -0.2) is 13.1 Å². The van der Waals surface area contributed by atoms with Crippen molar-refractivity contribution in [3.05, 3.63) is 74.4 Å². The first kappa shape index (κ1) is 22.7. The molecule has 1 aromatic heterocycles. The Labute approximate surface area is 200 Å². The summed E-state index contributed by atoms with van der Waals surface area (Å²) in [7, 11) is -3.55. The molecule has 0 N–H and O–H groups in total. The van der Waals surface area contributed by atoms with E-state index in [0.717, 1.165) is 28.1 Å². The Bertz CT molecular complexity index is 1190. The minimum atomic E-state index is -3.55. The number of rotatable bonds is 5. The second-order valence-corrected chi connectivity index (χ2v) is 11.3. The van der Waals surface area contributed by atoms with E-state index in [1.807, 2.05) is 48.0 Å². The third-order valence-corrected chi connectivity index (χ3v) is 9.05. The van der Waals surface area contributed by atoms with Crippen LogP contribution in [-0.2, 0) is 16.6 Å². The standard InChI is InChI=1S/C22H24Br2N4O2S/c1-16-20(17(2)28(25-16)19-6-4-3-5-7-19)15-26-10-12-27(13-11-26)31(29,30)22-14-18(23)8-9-21(22)24/h3-9,14H,10-13,15H2,1-2H3. The maximum Gasteiger partial charge on any atom is 0.244 e. The van der Waals surface area contributed by atoms with Crippen LogP contribution in [0.3, 0.4) is 0 Å². The molecule has 0 aliphatic carbocycles. The number of nitrogens with zero attached hydrogens (tertiary/aromatic N) is 4. The Balaban J connectivity index is 1.47. The van der Waals surface area contributed by atoms with Crippen molar-refractivity contribution in [3.8, 4) is 5.69 Å². The van der Waals surface area contributed by atoms with Gasteiger partial charge in [0.2, 0.25) is 10.0 Å². The highest BCUT2D eigenvalue weighted by atomic mass is 79.9. The highest BCUT2D eigenvalue weighted by Crippen LogP contribution is 2.29. The number of aryl methyl sites for hydroxylation is 1. The monoisotopic (exact) mass is 566 g/mol. The molecule has 0 atom stereocenters. The van der Waals surface area contributed by atoms with Crippen LogP contribution in [0, 0.1) is 13.8 Å². The maximum atomic E-state index is 13.1. The fourth-order valence-corrected chi connectivity index (χ4v) is 6.78. The SMILES string of the molecule is Cc1nn(-c2ccccc2)c(C)c1CN1CCN(S(=O)(=O)c2cc(Br)ccc2Br)CC1. The lowest BCUT2D eigenvalue weighted by atomic mass is 10.1. The smallest absolute Gasteiger partial charge is 0.244 e. The highest BCUT2D eigenvalue weighted by Gasteiger charge is 2.30. The zero-order valence-corrected chi connectivity index (χ0v) is 21.4. The van der Waals surface area contributed by atoms with Crippen LogP contribution in [0.4, 0.5) is 0 Å². The third kappa shape index (κ3) is 4.66. The molecule has 6 nitrogen and oxygen atoms in total. The quantitative estimate of drug-likeness (QED) is 0.455. The fraction of sp³-hybridized carbons (Fsp3) is 0.318. The van der Waals surface area contributed by atoms with Crippen LogP contribution in [0.5, 0.6) is 0 Å². The van der Waals surface area contributed by atoms with E-state index in [-0.39, 0.29) is 0 Å². The highest BCUT2D eigenvalue weighted by molar-refractivity contribution is 9.11. The molecule has 0 amide bonds. The van der Waals surface area contributed by atoms with Gasteiger partial charge in [0.1, 0.15) is 0 Å². The van der Waals surface area contributed by atoms with Gasteiger partial charge in [0.15, 0.2) is 0 Å². The number of benzene rings is 2. The summed E-state index contributed by atoms with van der Waals surface area (Å²) in [6, 6.07) is 15.3. The number of hydrogen-bond acceptors (Lipinski definition) is 4. The van der Waals surface area contributed by atoms with Crippen molar-refractivity contribution in [1.29, 1.82) is 0 Å². The van der Waals surface area contributed by atoms with Crippen LogP contribution in [0.2, 0.25) is 0 Å². The van der Waals surface area contributed by atoms with Gasteiger partial charge in [-0.15, -0.1) is 0 Å². The molecule has 1 aliphatic heterocycles. The van der Waals surface area contributed by atoms with Crippen molar-refractivity contribution in [1.82, 2.24) is 19.0 Å². The van der Waals surface area contributed by atoms with Crippen molar-refractivity contribution >= 4 is 41.9 Å². The van der Waals surface area contributed by atoms with E-state index in [9.17, 15) is 8.42 Å². The normalized spacial score (nSPS) is 16.0. The predicted molar refractivity (Wildman–Crippen MR) is 129 cm³/mol. The first-order valence-electron chi connectivity index (χ1n) is 10.1. The number of sulfonamides is 1. The molecule has 1 saturated heterocycles. The van der Waals surface area contributed by atoms with Crippen LogP contribution in [-0.4, -0.2) is 53.6 Å². The number of piperazine rings is 1. The average Bonchev–Trinajstić information content (AvgIpc) is 3.04. The zero-order chi connectivity index (χ0) is 22.2. The van der Waals surface area contributed by atoms with Crippen molar-refractivity contribution in [3.63, 3.8) is 0 Å². The van der Waals surface area contributed by atoms with Gasteiger partial charge in [0.25, 0.3) is 0 Å². The molecule has 31 heavy (non-hydrogen) atoms. The number of hydrogen-bond donors (Lipinski definition) is 0. The first-order chi connectivity index (χ1) is 14.8. The molecule has 0 unspecified atom stereocenters. The number of para-hydroxylation sites is 1. The summed E-state index contributed by atoms with van der Waals surface area (Å²) >= 11 is 6.75. The van der Waals surface area contributed by atoms with E-state index < -0.39 is 10.0 Å². The lowest BCUT2D eigenvalue weighted by Gasteiger charge is -2.34. The number of aromatic nitrogens is 2. The van der Waals surface area contributed by atoms with E-state index in [0.29, 0.717) is 35.5 Å². The maximum absolute atomic E-state index is 13.1. The molecule has 1 aliphatic rings.